The van der Waals surface area contributed by atoms with Crippen LogP contribution in [0, 0.1) is 0 Å². The topological polar surface area (TPSA) is 53.8 Å². The van der Waals surface area contributed by atoms with Crippen LogP contribution in [0.1, 0.15) is 27.3 Å². The van der Waals surface area contributed by atoms with Crippen molar-refractivity contribution in [2.45, 2.75) is 11.3 Å². The average molecular weight is 330 g/mol. The van der Waals surface area contributed by atoms with Crippen molar-refractivity contribution >= 4 is 24.4 Å². The van der Waals surface area contributed by atoms with Crippen LogP contribution in [0.4, 0.5) is 0 Å². The molecule has 1 saturated heterocycles. The molecule has 1 aliphatic rings. The molecule has 0 spiro atoms. The lowest BCUT2D eigenvalue weighted by molar-refractivity contribution is 0.0699. The van der Waals surface area contributed by atoms with Gasteiger partial charge in [0, 0.05) is 31.1 Å². The molecule has 1 aromatic carbocycles. The van der Waals surface area contributed by atoms with Crippen molar-refractivity contribution in [1.82, 2.24) is 9.80 Å². The summed E-state index contributed by atoms with van der Waals surface area (Å²) in [6.45, 7) is 2.25. The van der Waals surface area contributed by atoms with Crippen molar-refractivity contribution in [3.05, 3.63) is 54.0 Å². The monoisotopic (exact) mass is 330 g/mol. The quantitative estimate of drug-likeness (QED) is 0.861. The van der Waals surface area contributed by atoms with Gasteiger partial charge in [-0.05, 0) is 30.7 Å². The number of benzene rings is 1. The third-order valence-corrected chi connectivity index (χ3v) is 4.33. The summed E-state index contributed by atoms with van der Waals surface area (Å²) in [7, 11) is 0. The van der Waals surface area contributed by atoms with Gasteiger partial charge < -0.3 is 14.2 Å². The highest BCUT2D eigenvalue weighted by Crippen LogP contribution is 2.17. The average Bonchev–Trinajstić information content (AvgIpc) is 2.98. The number of rotatable bonds is 2. The maximum absolute atomic E-state index is 12.6. The van der Waals surface area contributed by atoms with Crippen molar-refractivity contribution in [2.75, 3.05) is 26.2 Å². The van der Waals surface area contributed by atoms with Gasteiger partial charge in [0.15, 0.2) is 5.76 Å². The number of amides is 2. The van der Waals surface area contributed by atoms with Crippen LogP contribution >= 0.6 is 12.6 Å². The molecule has 0 radical (unpaired) electrons. The zero-order chi connectivity index (χ0) is 16.2. The number of hydrogen-bond acceptors (Lipinski definition) is 4. The fourth-order valence-electron chi connectivity index (χ4n) is 2.70. The van der Waals surface area contributed by atoms with Crippen molar-refractivity contribution in [3.63, 3.8) is 0 Å². The van der Waals surface area contributed by atoms with Gasteiger partial charge in [-0.15, -0.1) is 12.6 Å². The van der Waals surface area contributed by atoms with Gasteiger partial charge in [0.05, 0.1) is 11.8 Å². The Morgan fingerprint density at radius 1 is 0.913 bits per heavy atom. The molecule has 0 N–H and O–H groups in total. The maximum atomic E-state index is 12.6. The molecule has 0 bridgehead atoms. The van der Waals surface area contributed by atoms with Gasteiger partial charge in [-0.1, -0.05) is 12.1 Å². The molecule has 1 aliphatic heterocycles. The fourth-order valence-corrected chi connectivity index (χ4v) is 2.96. The molecule has 6 heteroatoms. The lowest BCUT2D eigenvalue weighted by Gasteiger charge is -2.22. The molecule has 2 heterocycles. The minimum atomic E-state index is -0.126. The SMILES string of the molecule is O=C(c1ccco1)N1CCCN(C(=O)c2ccccc2S)CC1. The van der Waals surface area contributed by atoms with E-state index >= 15 is 0 Å². The molecule has 120 valence electrons. The number of nitrogens with zero attached hydrogens (tertiary/aromatic N) is 2. The maximum Gasteiger partial charge on any atom is 0.289 e. The Bertz CT molecular complexity index is 700. The molecule has 1 aromatic heterocycles. The number of thiol groups is 1. The van der Waals surface area contributed by atoms with Gasteiger partial charge in [0.2, 0.25) is 0 Å². The van der Waals surface area contributed by atoms with Gasteiger partial charge in [0.25, 0.3) is 11.8 Å². The van der Waals surface area contributed by atoms with E-state index in [9.17, 15) is 9.59 Å². The first-order valence-corrected chi connectivity index (χ1v) is 8.01. The first-order valence-electron chi connectivity index (χ1n) is 7.57. The molecule has 2 amide bonds. The summed E-state index contributed by atoms with van der Waals surface area (Å²) in [5.74, 6) is 0.173. The second-order valence-electron chi connectivity index (χ2n) is 5.43. The number of hydrogen-bond donors (Lipinski definition) is 1. The Hall–Kier alpha value is -2.21. The highest BCUT2D eigenvalue weighted by atomic mass is 32.1. The van der Waals surface area contributed by atoms with Crippen LogP contribution in [0.3, 0.4) is 0 Å². The predicted molar refractivity (Wildman–Crippen MR) is 88.8 cm³/mol. The smallest absolute Gasteiger partial charge is 0.289 e. The minimum absolute atomic E-state index is 0.0390. The van der Waals surface area contributed by atoms with Gasteiger partial charge >= 0.3 is 0 Å². The normalized spacial score (nSPS) is 15.3. The van der Waals surface area contributed by atoms with Crippen LogP contribution in [-0.4, -0.2) is 47.8 Å². The van der Waals surface area contributed by atoms with Crippen molar-refractivity contribution < 1.29 is 14.0 Å². The van der Waals surface area contributed by atoms with E-state index in [-0.39, 0.29) is 11.8 Å². The summed E-state index contributed by atoms with van der Waals surface area (Å²) >= 11 is 4.35. The van der Waals surface area contributed by atoms with Crippen molar-refractivity contribution in [1.29, 1.82) is 0 Å². The fraction of sp³-hybridized carbons (Fsp3) is 0.294. The standard InChI is InChI=1S/C17H18N2O3S/c20-16(13-5-1-2-7-15(13)23)18-8-4-9-19(11-10-18)17(21)14-6-3-12-22-14/h1-3,5-7,12,23H,4,8-11H2. The van der Waals surface area contributed by atoms with Crippen LogP contribution in [0.15, 0.2) is 52.0 Å². The van der Waals surface area contributed by atoms with Crippen LogP contribution < -0.4 is 0 Å². The molecule has 5 nitrogen and oxygen atoms in total. The predicted octanol–water partition coefficient (Wildman–Crippen LogP) is 2.56. The highest BCUT2D eigenvalue weighted by molar-refractivity contribution is 7.80. The second kappa shape index (κ2) is 6.91. The molecule has 0 atom stereocenters. The van der Waals surface area contributed by atoms with Gasteiger partial charge in [-0.3, -0.25) is 9.59 Å². The van der Waals surface area contributed by atoms with Crippen molar-refractivity contribution in [3.8, 4) is 0 Å². The van der Waals surface area contributed by atoms with E-state index in [0.29, 0.717) is 42.4 Å². The van der Waals surface area contributed by atoms with E-state index in [1.54, 1.807) is 34.1 Å². The van der Waals surface area contributed by atoms with E-state index < -0.39 is 0 Å². The lowest BCUT2D eigenvalue weighted by atomic mass is 10.2. The summed E-state index contributed by atoms with van der Waals surface area (Å²) < 4.78 is 5.17. The molecule has 0 aliphatic carbocycles. The van der Waals surface area contributed by atoms with Crippen molar-refractivity contribution in [2.24, 2.45) is 0 Å². The molecule has 2 aromatic rings. The molecule has 23 heavy (non-hydrogen) atoms. The van der Waals surface area contributed by atoms with E-state index in [2.05, 4.69) is 12.6 Å². The zero-order valence-corrected chi connectivity index (χ0v) is 13.5. The van der Waals surface area contributed by atoms with E-state index in [4.69, 9.17) is 4.42 Å². The highest BCUT2D eigenvalue weighted by Gasteiger charge is 2.25. The van der Waals surface area contributed by atoms with Crippen LogP contribution in [0.5, 0.6) is 0 Å². The van der Waals surface area contributed by atoms with Gasteiger partial charge in [0.1, 0.15) is 0 Å². The Kier molecular flexibility index (Phi) is 4.71. The number of furan rings is 1. The van der Waals surface area contributed by atoms with Crippen LogP contribution in [0.2, 0.25) is 0 Å². The van der Waals surface area contributed by atoms with Gasteiger partial charge in [-0.2, -0.15) is 0 Å². The number of carbonyl (C=O) groups excluding carboxylic acids is 2. The lowest BCUT2D eigenvalue weighted by Crippen LogP contribution is -2.37. The molecule has 0 saturated carbocycles. The molecular weight excluding hydrogens is 312 g/mol. The third kappa shape index (κ3) is 3.42. The number of carbonyl (C=O) groups is 2. The van der Waals surface area contributed by atoms with E-state index in [1.807, 2.05) is 12.1 Å². The minimum Gasteiger partial charge on any atom is -0.459 e. The summed E-state index contributed by atoms with van der Waals surface area (Å²) in [6.07, 6.45) is 2.23. The second-order valence-corrected chi connectivity index (χ2v) is 5.91. The van der Waals surface area contributed by atoms with Crippen LogP contribution in [-0.2, 0) is 0 Å². The first-order chi connectivity index (χ1) is 11.2. The molecule has 3 rings (SSSR count). The van der Waals surface area contributed by atoms with Crippen LogP contribution in [0.25, 0.3) is 0 Å². The Labute approximate surface area is 140 Å². The Morgan fingerprint density at radius 2 is 1.61 bits per heavy atom. The third-order valence-electron chi connectivity index (χ3n) is 3.94. The summed E-state index contributed by atoms with van der Waals surface area (Å²) in [4.78, 5) is 29.2. The zero-order valence-electron chi connectivity index (χ0n) is 12.6. The van der Waals surface area contributed by atoms with E-state index in [1.165, 1.54) is 6.26 Å². The molecular formula is C17H18N2O3S. The summed E-state index contributed by atoms with van der Waals surface area (Å²) in [5.41, 5.74) is 0.599. The summed E-state index contributed by atoms with van der Waals surface area (Å²) in [5, 5.41) is 0. The Morgan fingerprint density at radius 3 is 2.26 bits per heavy atom. The van der Waals surface area contributed by atoms with Gasteiger partial charge in [-0.25, -0.2) is 0 Å². The summed E-state index contributed by atoms with van der Waals surface area (Å²) in [6, 6.07) is 10.6. The Balaban J connectivity index is 1.68. The molecule has 0 unspecified atom stereocenters. The molecule has 1 fully saturated rings. The largest absolute Gasteiger partial charge is 0.459 e. The van der Waals surface area contributed by atoms with E-state index in [0.717, 1.165) is 6.42 Å². The first kappa shape index (κ1) is 15.7.